The molecule has 2 aromatic rings. The lowest BCUT2D eigenvalue weighted by Crippen LogP contribution is -2.31. The number of alkyl halides is 3. The summed E-state index contributed by atoms with van der Waals surface area (Å²) in [7, 11) is -3.58. The van der Waals surface area contributed by atoms with Gasteiger partial charge in [0.1, 0.15) is 0 Å². The molecule has 1 saturated heterocycles. The van der Waals surface area contributed by atoms with Gasteiger partial charge < -0.3 is 5.32 Å². The fourth-order valence-electron chi connectivity index (χ4n) is 4.78. The first-order valence-electron chi connectivity index (χ1n) is 12.3. The Morgan fingerprint density at radius 3 is 2.42 bits per heavy atom. The minimum atomic E-state index is -4.60. The van der Waals surface area contributed by atoms with Crippen molar-refractivity contribution >= 4 is 27.3 Å². The monoisotopic (exact) mass is 542 g/mol. The van der Waals surface area contributed by atoms with E-state index in [0.29, 0.717) is 10.6 Å². The molecule has 0 radical (unpaired) electrons. The van der Waals surface area contributed by atoms with Gasteiger partial charge in [0.05, 0.1) is 16.2 Å². The summed E-state index contributed by atoms with van der Waals surface area (Å²) >= 11 is 6.04. The fraction of sp³-hybridized carbons (Fsp3) is 0.500. The lowest BCUT2D eigenvalue weighted by molar-refractivity contribution is -0.138. The Balaban J connectivity index is 1.64. The number of hydrogen-bond acceptors (Lipinski definition) is 4. The van der Waals surface area contributed by atoms with E-state index >= 15 is 0 Å². The van der Waals surface area contributed by atoms with Crippen molar-refractivity contribution in [2.24, 2.45) is 0 Å². The van der Waals surface area contributed by atoms with Crippen molar-refractivity contribution in [3.63, 3.8) is 0 Å². The number of carbonyl (C=O) groups is 1. The van der Waals surface area contributed by atoms with Gasteiger partial charge in [-0.2, -0.15) is 13.2 Å². The lowest BCUT2D eigenvalue weighted by Gasteiger charge is -2.29. The average Bonchev–Trinajstić information content (AvgIpc) is 3.68. The number of rotatable bonds is 8. The van der Waals surface area contributed by atoms with E-state index < -0.39 is 27.5 Å². The molecule has 196 valence electrons. The fourth-order valence-corrected chi connectivity index (χ4v) is 6.09. The molecular weight excluding hydrogens is 513 g/mol. The maximum Gasteiger partial charge on any atom is 0.416 e. The minimum Gasteiger partial charge on any atom is -0.348 e. The van der Waals surface area contributed by atoms with Crippen LogP contribution in [0, 0.1) is 0 Å². The van der Waals surface area contributed by atoms with Gasteiger partial charge >= 0.3 is 6.18 Å². The number of hydrogen-bond donors (Lipinski definition) is 1. The van der Waals surface area contributed by atoms with E-state index in [1.165, 1.54) is 25.1 Å². The lowest BCUT2D eigenvalue weighted by atomic mass is 9.93. The molecule has 1 aliphatic heterocycles. The van der Waals surface area contributed by atoms with Gasteiger partial charge in [-0.3, -0.25) is 9.69 Å². The van der Waals surface area contributed by atoms with E-state index in [0.717, 1.165) is 51.3 Å². The van der Waals surface area contributed by atoms with Gasteiger partial charge in [-0.05, 0) is 91.7 Å². The van der Waals surface area contributed by atoms with Gasteiger partial charge in [0.15, 0.2) is 9.84 Å². The average molecular weight is 543 g/mol. The third-order valence-electron chi connectivity index (χ3n) is 6.88. The zero-order chi connectivity index (χ0) is 26.1. The van der Waals surface area contributed by atoms with Crippen LogP contribution in [0.3, 0.4) is 0 Å². The van der Waals surface area contributed by atoms with Crippen LogP contribution in [-0.2, 0) is 29.1 Å². The van der Waals surface area contributed by atoms with Crippen LogP contribution in [0.25, 0.3) is 0 Å². The number of likely N-dealkylation sites (tertiary alicyclic amines) is 1. The molecular formula is C26H30ClF3N2O3S. The van der Waals surface area contributed by atoms with Gasteiger partial charge in [0.2, 0.25) is 0 Å². The highest BCUT2D eigenvalue weighted by molar-refractivity contribution is 7.91. The third kappa shape index (κ3) is 6.23. The summed E-state index contributed by atoms with van der Waals surface area (Å²) < 4.78 is 67.5. The SMILES string of the molecule is CCS(=O)(=O)c1ccc(Cl)cc1CNC(=O)c1cc(C2CC2)c(CN2CCCCC2)c(C(F)(F)F)c1. The molecule has 10 heteroatoms. The van der Waals surface area contributed by atoms with Crippen LogP contribution in [0.4, 0.5) is 13.2 Å². The van der Waals surface area contributed by atoms with Crippen LogP contribution in [0.15, 0.2) is 35.2 Å². The van der Waals surface area contributed by atoms with Crippen molar-refractivity contribution < 1.29 is 26.4 Å². The predicted molar refractivity (Wildman–Crippen MR) is 133 cm³/mol. The van der Waals surface area contributed by atoms with Crippen molar-refractivity contribution in [2.75, 3.05) is 18.8 Å². The molecule has 1 aliphatic carbocycles. The normalized spacial score (nSPS) is 17.2. The van der Waals surface area contributed by atoms with Crippen LogP contribution >= 0.6 is 11.6 Å². The predicted octanol–water partition coefficient (Wildman–Crippen LogP) is 5.95. The number of benzene rings is 2. The summed E-state index contributed by atoms with van der Waals surface area (Å²) in [5.41, 5.74) is 0.318. The van der Waals surface area contributed by atoms with E-state index in [2.05, 4.69) is 10.2 Å². The number of halogens is 4. The van der Waals surface area contributed by atoms with E-state index in [4.69, 9.17) is 11.6 Å². The van der Waals surface area contributed by atoms with Crippen molar-refractivity contribution in [1.82, 2.24) is 10.2 Å². The van der Waals surface area contributed by atoms with E-state index in [1.807, 2.05) is 0 Å². The van der Waals surface area contributed by atoms with Gasteiger partial charge in [-0.15, -0.1) is 0 Å². The smallest absolute Gasteiger partial charge is 0.348 e. The van der Waals surface area contributed by atoms with Gasteiger partial charge in [-0.1, -0.05) is 24.9 Å². The van der Waals surface area contributed by atoms with Crippen molar-refractivity contribution in [2.45, 2.75) is 69.1 Å². The van der Waals surface area contributed by atoms with Crippen molar-refractivity contribution in [3.05, 3.63) is 63.2 Å². The molecule has 1 heterocycles. The molecule has 2 fully saturated rings. The van der Waals surface area contributed by atoms with Crippen molar-refractivity contribution in [3.8, 4) is 0 Å². The molecule has 4 rings (SSSR count). The highest BCUT2D eigenvalue weighted by Crippen LogP contribution is 2.46. The molecule has 2 aliphatic rings. The van der Waals surface area contributed by atoms with E-state index in [-0.39, 0.29) is 46.3 Å². The second kappa shape index (κ2) is 10.7. The zero-order valence-electron chi connectivity index (χ0n) is 20.1. The second-order valence-electron chi connectivity index (χ2n) is 9.54. The Hall–Kier alpha value is -2.10. The number of carbonyl (C=O) groups excluding carboxylic acids is 1. The van der Waals surface area contributed by atoms with Crippen molar-refractivity contribution in [1.29, 1.82) is 0 Å². The number of nitrogens with one attached hydrogen (secondary N) is 1. The van der Waals surface area contributed by atoms with Gasteiger partial charge in [0.25, 0.3) is 5.91 Å². The summed E-state index contributed by atoms with van der Waals surface area (Å²) in [6.07, 6.45) is 0.0391. The van der Waals surface area contributed by atoms with Crippen LogP contribution in [0.5, 0.6) is 0 Å². The maximum absolute atomic E-state index is 14.2. The summed E-state index contributed by atoms with van der Waals surface area (Å²) in [5, 5.41) is 2.90. The molecule has 0 atom stereocenters. The molecule has 5 nitrogen and oxygen atoms in total. The molecule has 0 bridgehead atoms. The Kier molecular flexibility index (Phi) is 8.02. The van der Waals surface area contributed by atoms with E-state index in [9.17, 15) is 26.4 Å². The molecule has 0 aromatic heterocycles. The Morgan fingerprint density at radius 1 is 1.11 bits per heavy atom. The highest BCUT2D eigenvalue weighted by Gasteiger charge is 2.38. The van der Waals surface area contributed by atoms with Crippen LogP contribution in [0.2, 0.25) is 5.02 Å². The Morgan fingerprint density at radius 2 is 1.81 bits per heavy atom. The third-order valence-corrected chi connectivity index (χ3v) is 8.94. The quantitative estimate of drug-likeness (QED) is 0.448. The number of nitrogens with zero attached hydrogens (tertiary/aromatic N) is 1. The first-order valence-corrected chi connectivity index (χ1v) is 14.3. The zero-order valence-corrected chi connectivity index (χ0v) is 21.7. The highest BCUT2D eigenvalue weighted by atomic mass is 35.5. The minimum absolute atomic E-state index is 0.0212. The van der Waals surface area contributed by atoms with Crippen LogP contribution in [0.1, 0.15) is 77.6 Å². The van der Waals surface area contributed by atoms with Gasteiger partial charge in [-0.25, -0.2) is 8.42 Å². The Labute approximate surface area is 214 Å². The number of sulfone groups is 1. The molecule has 0 unspecified atom stereocenters. The molecule has 0 spiro atoms. The maximum atomic E-state index is 14.2. The van der Waals surface area contributed by atoms with Crippen LogP contribution < -0.4 is 5.32 Å². The summed E-state index contributed by atoms with van der Waals surface area (Å²) in [6.45, 7) is 3.10. The first kappa shape index (κ1) is 26.9. The second-order valence-corrected chi connectivity index (χ2v) is 12.2. The molecule has 1 N–H and O–H groups in total. The molecule has 1 saturated carbocycles. The topological polar surface area (TPSA) is 66.5 Å². The molecule has 1 amide bonds. The van der Waals surface area contributed by atoms with E-state index in [1.54, 1.807) is 6.07 Å². The van der Waals surface area contributed by atoms with Gasteiger partial charge in [0, 0.05) is 23.7 Å². The summed E-state index contributed by atoms with van der Waals surface area (Å²) in [5.74, 6) is -0.798. The number of amides is 1. The Bertz CT molecular complexity index is 1240. The largest absolute Gasteiger partial charge is 0.416 e. The summed E-state index contributed by atoms with van der Waals surface area (Å²) in [6, 6.07) is 6.80. The number of piperidine rings is 1. The molecule has 2 aromatic carbocycles. The summed E-state index contributed by atoms with van der Waals surface area (Å²) in [4.78, 5) is 15.1. The first-order chi connectivity index (χ1) is 17.0. The van der Waals surface area contributed by atoms with Crippen LogP contribution in [-0.4, -0.2) is 38.1 Å². The molecule has 36 heavy (non-hydrogen) atoms. The standard InChI is InChI=1S/C26H30ClF3N2O3S/c1-2-36(34,35)24-9-8-20(27)12-19(24)15-31-25(33)18-13-21(17-6-7-17)22(23(14-18)26(28,29)30)16-32-10-4-3-5-11-32/h8-9,12-14,17H,2-7,10-11,15-16H2,1H3,(H,31,33).